The summed E-state index contributed by atoms with van der Waals surface area (Å²) in [6.45, 7) is 9.34. The van der Waals surface area contributed by atoms with Crippen LogP contribution in [-0.2, 0) is 17.9 Å². The Bertz CT molecular complexity index is 836. The zero-order chi connectivity index (χ0) is 18.1. The maximum absolute atomic E-state index is 13.1. The summed E-state index contributed by atoms with van der Waals surface area (Å²) < 4.78 is 3.58. The van der Waals surface area contributed by atoms with E-state index in [1.807, 2.05) is 24.1 Å². The van der Waals surface area contributed by atoms with Crippen molar-refractivity contribution in [2.75, 3.05) is 6.54 Å². The number of carbonyl (C=O) groups is 1. The van der Waals surface area contributed by atoms with Gasteiger partial charge in [-0.05, 0) is 32.3 Å². The van der Waals surface area contributed by atoms with Crippen LogP contribution < -0.4 is 5.69 Å². The standard InChI is InChI=1S/C18H25N5O2/c1-12(2)16-17-19-6-9-21(17)7-5-8-22(16)15(24)11-23-14(4)10-13(3)20-18(23)25/h6,9-10,12,16H,5,7-8,11H2,1-4H3. The first-order chi connectivity index (χ1) is 11.9. The second-order valence-electron chi connectivity index (χ2n) is 7.02. The summed E-state index contributed by atoms with van der Waals surface area (Å²) in [5, 5.41) is 0. The van der Waals surface area contributed by atoms with Gasteiger partial charge >= 0.3 is 5.69 Å². The van der Waals surface area contributed by atoms with Gasteiger partial charge in [0.05, 0.1) is 6.04 Å². The number of aryl methyl sites for hydroxylation is 3. The van der Waals surface area contributed by atoms with Gasteiger partial charge in [0.15, 0.2) is 0 Å². The van der Waals surface area contributed by atoms with Crippen LogP contribution >= 0.6 is 0 Å². The van der Waals surface area contributed by atoms with Crippen LogP contribution in [0.1, 0.15) is 43.5 Å². The maximum Gasteiger partial charge on any atom is 0.348 e. The van der Waals surface area contributed by atoms with E-state index in [4.69, 9.17) is 0 Å². The van der Waals surface area contributed by atoms with Gasteiger partial charge in [-0.25, -0.2) is 9.78 Å². The molecule has 2 aromatic heterocycles. The van der Waals surface area contributed by atoms with Crippen LogP contribution in [-0.4, -0.2) is 36.5 Å². The molecule has 1 aliphatic heterocycles. The summed E-state index contributed by atoms with van der Waals surface area (Å²) in [4.78, 5) is 35.6. The first-order valence-corrected chi connectivity index (χ1v) is 8.74. The van der Waals surface area contributed by atoms with Crippen molar-refractivity contribution in [3.63, 3.8) is 0 Å². The SMILES string of the molecule is Cc1cc(C)n(CC(=O)N2CCCn3ccnc3C2C(C)C)c(=O)n1. The minimum absolute atomic E-state index is 0.0157. The number of hydrogen-bond donors (Lipinski definition) is 0. The third kappa shape index (κ3) is 3.36. The number of aromatic nitrogens is 4. The fraction of sp³-hybridized carbons (Fsp3) is 0.556. The summed E-state index contributed by atoms with van der Waals surface area (Å²) in [7, 11) is 0. The monoisotopic (exact) mass is 343 g/mol. The van der Waals surface area contributed by atoms with Gasteiger partial charge in [-0.1, -0.05) is 13.8 Å². The summed E-state index contributed by atoms with van der Waals surface area (Å²) in [5.74, 6) is 1.09. The highest BCUT2D eigenvalue weighted by Crippen LogP contribution is 2.30. The van der Waals surface area contributed by atoms with Crippen molar-refractivity contribution in [2.24, 2.45) is 5.92 Å². The molecule has 1 amide bonds. The average Bonchev–Trinajstić information content (AvgIpc) is 2.89. The van der Waals surface area contributed by atoms with Gasteiger partial charge in [0.1, 0.15) is 12.4 Å². The first kappa shape index (κ1) is 17.4. The zero-order valence-corrected chi connectivity index (χ0v) is 15.3. The van der Waals surface area contributed by atoms with E-state index < -0.39 is 0 Å². The quantitative estimate of drug-likeness (QED) is 0.850. The van der Waals surface area contributed by atoms with Crippen LogP contribution in [0.15, 0.2) is 23.3 Å². The summed E-state index contributed by atoms with van der Waals surface area (Å²) in [6, 6.07) is 1.74. The van der Waals surface area contributed by atoms with Crippen LogP contribution in [0.5, 0.6) is 0 Å². The summed E-state index contributed by atoms with van der Waals surface area (Å²) in [5.41, 5.74) is 1.05. The van der Waals surface area contributed by atoms with Crippen molar-refractivity contribution in [1.82, 2.24) is 24.0 Å². The summed E-state index contributed by atoms with van der Waals surface area (Å²) in [6.07, 6.45) is 4.63. The number of amides is 1. The van der Waals surface area contributed by atoms with E-state index in [0.717, 1.165) is 24.5 Å². The smallest absolute Gasteiger partial charge is 0.333 e. The van der Waals surface area contributed by atoms with E-state index in [-0.39, 0.29) is 30.1 Å². The molecule has 3 rings (SSSR count). The number of fused-ring (bicyclic) bond motifs is 1. The lowest BCUT2D eigenvalue weighted by Gasteiger charge is -2.32. The molecule has 0 bridgehead atoms. The van der Waals surface area contributed by atoms with Crippen molar-refractivity contribution in [2.45, 2.75) is 53.2 Å². The largest absolute Gasteiger partial charge is 0.348 e. The van der Waals surface area contributed by atoms with Gasteiger partial charge in [0.25, 0.3) is 0 Å². The third-order valence-corrected chi connectivity index (χ3v) is 4.74. The average molecular weight is 343 g/mol. The van der Waals surface area contributed by atoms with Gasteiger partial charge < -0.3 is 9.47 Å². The van der Waals surface area contributed by atoms with Gasteiger partial charge in [0.2, 0.25) is 5.91 Å². The Balaban J connectivity index is 1.92. The van der Waals surface area contributed by atoms with Gasteiger partial charge in [0, 0.05) is 36.9 Å². The molecule has 7 nitrogen and oxygen atoms in total. The fourth-order valence-electron chi connectivity index (χ4n) is 3.60. The molecule has 1 unspecified atom stereocenters. The molecule has 3 heterocycles. The topological polar surface area (TPSA) is 73.0 Å². The molecule has 0 spiro atoms. The molecule has 0 saturated carbocycles. The van der Waals surface area contributed by atoms with Crippen LogP contribution in [0.25, 0.3) is 0 Å². The molecule has 134 valence electrons. The number of carbonyl (C=O) groups excluding carboxylic acids is 1. The lowest BCUT2D eigenvalue weighted by molar-refractivity contribution is -0.135. The Labute approximate surface area is 147 Å². The minimum Gasteiger partial charge on any atom is -0.333 e. The van der Waals surface area contributed by atoms with E-state index >= 15 is 0 Å². The van der Waals surface area contributed by atoms with Crippen LogP contribution in [0, 0.1) is 19.8 Å². The van der Waals surface area contributed by atoms with Crippen LogP contribution in [0.3, 0.4) is 0 Å². The van der Waals surface area contributed by atoms with Crippen molar-refractivity contribution in [3.05, 3.63) is 46.2 Å². The van der Waals surface area contributed by atoms with Gasteiger partial charge in [-0.2, -0.15) is 4.98 Å². The highest BCUT2D eigenvalue weighted by atomic mass is 16.2. The van der Waals surface area contributed by atoms with Crippen LogP contribution in [0.2, 0.25) is 0 Å². The van der Waals surface area contributed by atoms with E-state index in [1.165, 1.54) is 4.57 Å². The van der Waals surface area contributed by atoms with E-state index in [2.05, 4.69) is 28.4 Å². The second-order valence-corrected chi connectivity index (χ2v) is 7.02. The van der Waals surface area contributed by atoms with Crippen LogP contribution in [0.4, 0.5) is 0 Å². The first-order valence-electron chi connectivity index (χ1n) is 8.74. The highest BCUT2D eigenvalue weighted by Gasteiger charge is 2.33. The normalized spacial score (nSPS) is 17.5. The molecule has 1 aliphatic rings. The predicted octanol–water partition coefficient (Wildman–Crippen LogP) is 1.69. The maximum atomic E-state index is 13.1. The van der Waals surface area contributed by atoms with E-state index in [0.29, 0.717) is 12.2 Å². The van der Waals surface area contributed by atoms with Crippen molar-refractivity contribution >= 4 is 5.91 Å². The fourth-order valence-corrected chi connectivity index (χ4v) is 3.60. The number of hydrogen-bond acceptors (Lipinski definition) is 4. The summed E-state index contributed by atoms with van der Waals surface area (Å²) >= 11 is 0. The Morgan fingerprint density at radius 1 is 1.32 bits per heavy atom. The molecule has 2 aromatic rings. The van der Waals surface area contributed by atoms with Gasteiger partial charge in [-0.15, -0.1) is 0 Å². The number of rotatable bonds is 3. The Hall–Kier alpha value is -2.44. The third-order valence-electron chi connectivity index (χ3n) is 4.74. The van der Waals surface area contributed by atoms with E-state index in [1.54, 1.807) is 13.1 Å². The van der Waals surface area contributed by atoms with Crippen molar-refractivity contribution < 1.29 is 4.79 Å². The lowest BCUT2D eigenvalue weighted by Crippen LogP contribution is -2.42. The van der Waals surface area contributed by atoms with Gasteiger partial charge in [-0.3, -0.25) is 9.36 Å². The second kappa shape index (κ2) is 6.82. The Morgan fingerprint density at radius 3 is 2.76 bits per heavy atom. The molecule has 0 fully saturated rings. The molecule has 0 radical (unpaired) electrons. The van der Waals surface area contributed by atoms with E-state index in [9.17, 15) is 9.59 Å². The molecule has 7 heteroatoms. The molecular weight excluding hydrogens is 318 g/mol. The molecular formula is C18H25N5O2. The van der Waals surface area contributed by atoms with Crippen molar-refractivity contribution in [3.8, 4) is 0 Å². The molecule has 0 N–H and O–H groups in total. The molecule has 0 aromatic carbocycles. The Kier molecular flexibility index (Phi) is 4.74. The molecule has 0 saturated heterocycles. The Morgan fingerprint density at radius 2 is 2.08 bits per heavy atom. The molecule has 0 aliphatic carbocycles. The molecule has 1 atom stereocenters. The number of nitrogens with zero attached hydrogens (tertiary/aromatic N) is 5. The zero-order valence-electron chi connectivity index (χ0n) is 15.3. The van der Waals surface area contributed by atoms with Crippen molar-refractivity contribution in [1.29, 1.82) is 0 Å². The molecule has 25 heavy (non-hydrogen) atoms. The minimum atomic E-state index is -0.372. The highest BCUT2D eigenvalue weighted by molar-refractivity contribution is 5.76. The lowest BCUT2D eigenvalue weighted by atomic mass is 10.0. The number of imidazole rings is 1. The predicted molar refractivity (Wildman–Crippen MR) is 94.1 cm³/mol.